The first-order valence-electron chi connectivity index (χ1n) is 7.09. The average Bonchev–Trinajstić information content (AvgIpc) is 3.11. The molecule has 0 spiro atoms. The van der Waals surface area contributed by atoms with E-state index < -0.39 is 0 Å². The van der Waals surface area contributed by atoms with E-state index in [-0.39, 0.29) is 23.7 Å². The molecule has 0 aromatic carbocycles. The van der Waals surface area contributed by atoms with Gasteiger partial charge in [-0.15, -0.1) is 11.3 Å². The van der Waals surface area contributed by atoms with Crippen LogP contribution < -0.4 is 11.1 Å². The number of oxime groups is 1. The lowest BCUT2D eigenvalue weighted by Crippen LogP contribution is -2.42. The normalized spacial score (nSPS) is 25.7. The Hall–Kier alpha value is -1.56. The summed E-state index contributed by atoms with van der Waals surface area (Å²) in [6.07, 6.45) is 6.14. The van der Waals surface area contributed by atoms with Gasteiger partial charge in [0.1, 0.15) is 5.84 Å². The molecule has 2 aliphatic carbocycles. The van der Waals surface area contributed by atoms with E-state index in [1.807, 2.05) is 6.07 Å². The molecule has 20 heavy (non-hydrogen) atoms. The molecule has 1 amide bonds. The number of fused-ring (bicyclic) bond motifs is 1. The van der Waals surface area contributed by atoms with E-state index in [0.29, 0.717) is 0 Å². The van der Waals surface area contributed by atoms with E-state index in [1.165, 1.54) is 16.9 Å². The lowest BCUT2D eigenvalue weighted by Gasteiger charge is -2.19. The predicted molar refractivity (Wildman–Crippen MR) is 78.3 cm³/mol. The number of carbonyl (C=O) groups is 1. The van der Waals surface area contributed by atoms with E-state index in [0.717, 1.165) is 37.0 Å². The van der Waals surface area contributed by atoms with Gasteiger partial charge >= 0.3 is 0 Å². The molecule has 108 valence electrons. The smallest absolute Gasteiger partial charge is 0.261 e. The zero-order chi connectivity index (χ0) is 14.1. The molecule has 1 fully saturated rings. The van der Waals surface area contributed by atoms with Crippen molar-refractivity contribution < 1.29 is 10.0 Å². The summed E-state index contributed by atoms with van der Waals surface area (Å²) < 4.78 is 0. The highest BCUT2D eigenvalue weighted by atomic mass is 32.1. The van der Waals surface area contributed by atoms with Crippen LogP contribution in [-0.2, 0) is 12.8 Å². The molecule has 2 unspecified atom stereocenters. The number of hydrogen-bond acceptors (Lipinski definition) is 4. The highest BCUT2D eigenvalue weighted by molar-refractivity contribution is 7.14. The number of nitrogens with one attached hydrogen (secondary N) is 1. The third-order valence-corrected chi connectivity index (χ3v) is 5.53. The number of rotatable bonds is 3. The molecule has 4 N–H and O–H groups in total. The van der Waals surface area contributed by atoms with E-state index in [4.69, 9.17) is 10.9 Å². The standard InChI is InChI=1S/C14H19N3O2S/c15-13(17-19)9-4-2-5-10(9)16-14(18)12-7-8-3-1-6-11(8)20-12/h7,9-10,19H,1-6H2,(H2,15,17)(H,16,18). The molecule has 1 aromatic heterocycles. The maximum Gasteiger partial charge on any atom is 0.261 e. The number of thiophene rings is 1. The van der Waals surface area contributed by atoms with Crippen LogP contribution in [0.4, 0.5) is 0 Å². The van der Waals surface area contributed by atoms with Gasteiger partial charge in [0, 0.05) is 16.8 Å². The topological polar surface area (TPSA) is 87.7 Å². The molecule has 5 nitrogen and oxygen atoms in total. The number of amides is 1. The second kappa shape index (κ2) is 5.44. The van der Waals surface area contributed by atoms with Gasteiger partial charge in [-0.1, -0.05) is 11.6 Å². The number of aryl methyl sites for hydroxylation is 2. The van der Waals surface area contributed by atoms with Gasteiger partial charge in [-0.05, 0) is 43.7 Å². The summed E-state index contributed by atoms with van der Waals surface area (Å²) in [5.74, 6) is 0.157. The molecule has 3 rings (SSSR count). The number of amidine groups is 1. The molecular formula is C14H19N3O2S. The van der Waals surface area contributed by atoms with Crippen molar-refractivity contribution in [2.24, 2.45) is 16.8 Å². The minimum Gasteiger partial charge on any atom is -0.409 e. The van der Waals surface area contributed by atoms with Gasteiger partial charge in [0.2, 0.25) is 0 Å². The van der Waals surface area contributed by atoms with E-state index >= 15 is 0 Å². The first-order valence-corrected chi connectivity index (χ1v) is 7.90. The molecule has 0 aliphatic heterocycles. The lowest BCUT2D eigenvalue weighted by molar-refractivity contribution is 0.0937. The Labute approximate surface area is 121 Å². The Morgan fingerprint density at radius 1 is 1.40 bits per heavy atom. The fourth-order valence-electron chi connectivity index (χ4n) is 3.24. The SMILES string of the molecule is NC(=NO)C1CCCC1NC(=O)c1cc2c(s1)CCC2. The molecule has 2 aliphatic rings. The minimum atomic E-state index is -0.0456. The monoisotopic (exact) mass is 293 g/mol. The van der Waals surface area contributed by atoms with Crippen molar-refractivity contribution in [2.75, 3.05) is 0 Å². The summed E-state index contributed by atoms with van der Waals surface area (Å²) in [5, 5.41) is 14.9. The summed E-state index contributed by atoms with van der Waals surface area (Å²) in [7, 11) is 0. The van der Waals surface area contributed by atoms with Gasteiger partial charge < -0.3 is 16.3 Å². The summed E-state index contributed by atoms with van der Waals surface area (Å²) in [4.78, 5) is 14.5. The average molecular weight is 293 g/mol. The van der Waals surface area contributed by atoms with Gasteiger partial charge in [-0.25, -0.2) is 0 Å². The molecule has 1 saturated carbocycles. The molecule has 0 saturated heterocycles. The summed E-state index contributed by atoms with van der Waals surface area (Å²) in [6, 6.07) is 2.01. The van der Waals surface area contributed by atoms with Crippen molar-refractivity contribution in [3.05, 3.63) is 21.4 Å². The van der Waals surface area contributed by atoms with Crippen LogP contribution in [-0.4, -0.2) is 23.0 Å². The van der Waals surface area contributed by atoms with Crippen LogP contribution in [0.1, 0.15) is 45.8 Å². The molecule has 1 aromatic rings. The first kappa shape index (κ1) is 13.4. The lowest BCUT2D eigenvalue weighted by atomic mass is 10.0. The van der Waals surface area contributed by atoms with Crippen molar-refractivity contribution in [3.8, 4) is 0 Å². The van der Waals surface area contributed by atoms with Crippen molar-refractivity contribution in [3.63, 3.8) is 0 Å². The number of nitrogens with zero attached hydrogens (tertiary/aromatic N) is 1. The second-order valence-corrected chi connectivity index (χ2v) is 6.69. The van der Waals surface area contributed by atoms with Crippen molar-refractivity contribution in [1.29, 1.82) is 0 Å². The first-order chi connectivity index (χ1) is 9.69. The van der Waals surface area contributed by atoms with Gasteiger partial charge in [-0.3, -0.25) is 4.79 Å². The summed E-state index contributed by atoms with van der Waals surface area (Å²) >= 11 is 1.61. The maximum absolute atomic E-state index is 12.3. The van der Waals surface area contributed by atoms with Crippen LogP contribution in [0.25, 0.3) is 0 Å². The Kier molecular flexibility index (Phi) is 3.65. The van der Waals surface area contributed by atoms with Gasteiger partial charge in [0.15, 0.2) is 0 Å². The van der Waals surface area contributed by atoms with Crippen LogP contribution in [0.2, 0.25) is 0 Å². The van der Waals surface area contributed by atoms with Crippen LogP contribution in [0, 0.1) is 5.92 Å². The fourth-order valence-corrected chi connectivity index (χ4v) is 4.40. The van der Waals surface area contributed by atoms with Gasteiger partial charge in [-0.2, -0.15) is 0 Å². The van der Waals surface area contributed by atoms with Crippen LogP contribution >= 0.6 is 11.3 Å². The van der Waals surface area contributed by atoms with Gasteiger partial charge in [0.25, 0.3) is 5.91 Å². The van der Waals surface area contributed by atoms with E-state index in [9.17, 15) is 4.79 Å². The van der Waals surface area contributed by atoms with Crippen LogP contribution in [0.3, 0.4) is 0 Å². The summed E-state index contributed by atoms with van der Waals surface area (Å²) in [6.45, 7) is 0. The largest absolute Gasteiger partial charge is 0.409 e. The zero-order valence-electron chi connectivity index (χ0n) is 11.3. The second-order valence-electron chi connectivity index (χ2n) is 5.55. The fraction of sp³-hybridized carbons (Fsp3) is 0.571. The molecule has 0 radical (unpaired) electrons. The van der Waals surface area contributed by atoms with Crippen molar-refractivity contribution in [1.82, 2.24) is 5.32 Å². The Bertz CT molecular complexity index is 531. The highest BCUT2D eigenvalue weighted by Crippen LogP contribution is 2.31. The molecule has 1 heterocycles. The number of hydrogen-bond donors (Lipinski definition) is 3. The molecular weight excluding hydrogens is 274 g/mol. The Balaban J connectivity index is 1.69. The Morgan fingerprint density at radius 3 is 3.00 bits per heavy atom. The maximum atomic E-state index is 12.3. The van der Waals surface area contributed by atoms with Crippen LogP contribution in [0.5, 0.6) is 0 Å². The molecule has 0 bridgehead atoms. The highest BCUT2D eigenvalue weighted by Gasteiger charge is 2.32. The van der Waals surface area contributed by atoms with Crippen LogP contribution in [0.15, 0.2) is 11.2 Å². The third kappa shape index (κ3) is 2.40. The molecule has 2 atom stereocenters. The predicted octanol–water partition coefficient (Wildman–Crippen LogP) is 1.88. The minimum absolute atomic E-state index is 0.0182. The number of nitrogens with two attached hydrogens (primary N) is 1. The van der Waals surface area contributed by atoms with E-state index in [2.05, 4.69) is 10.5 Å². The van der Waals surface area contributed by atoms with E-state index in [1.54, 1.807) is 11.3 Å². The quantitative estimate of drug-likeness (QED) is 0.344. The zero-order valence-corrected chi connectivity index (χ0v) is 12.1. The summed E-state index contributed by atoms with van der Waals surface area (Å²) in [5.41, 5.74) is 7.03. The third-order valence-electron chi connectivity index (χ3n) is 4.30. The molecule has 6 heteroatoms. The van der Waals surface area contributed by atoms with Crippen molar-refractivity contribution in [2.45, 2.75) is 44.6 Å². The van der Waals surface area contributed by atoms with Gasteiger partial charge in [0.05, 0.1) is 4.88 Å². The number of carbonyl (C=O) groups excluding carboxylic acids is 1. The van der Waals surface area contributed by atoms with Crippen molar-refractivity contribution >= 4 is 23.1 Å². The Morgan fingerprint density at radius 2 is 2.25 bits per heavy atom.